The van der Waals surface area contributed by atoms with E-state index in [1.807, 2.05) is 32.4 Å². The molecule has 7 heteroatoms. The molecule has 0 radical (unpaired) electrons. The fraction of sp³-hybridized carbons (Fsp3) is 0.412. The van der Waals surface area contributed by atoms with Gasteiger partial charge in [0.2, 0.25) is 0 Å². The second-order valence-corrected chi connectivity index (χ2v) is 5.91. The van der Waals surface area contributed by atoms with Gasteiger partial charge in [0, 0.05) is 12.1 Å². The van der Waals surface area contributed by atoms with Crippen LogP contribution in [-0.4, -0.2) is 21.8 Å². The van der Waals surface area contributed by atoms with Gasteiger partial charge in [0.25, 0.3) is 5.91 Å². The summed E-state index contributed by atoms with van der Waals surface area (Å²) in [6.07, 6.45) is -0.879. The third-order valence-electron chi connectivity index (χ3n) is 3.64. The summed E-state index contributed by atoms with van der Waals surface area (Å²) < 4.78 is 33.3. The molecule has 130 valence electrons. The van der Waals surface area contributed by atoms with Gasteiger partial charge in [-0.3, -0.25) is 9.48 Å². The van der Waals surface area contributed by atoms with E-state index in [4.69, 9.17) is 4.74 Å². The molecule has 24 heavy (non-hydrogen) atoms. The van der Waals surface area contributed by atoms with Gasteiger partial charge in [-0.15, -0.1) is 0 Å². The van der Waals surface area contributed by atoms with E-state index >= 15 is 0 Å². The van der Waals surface area contributed by atoms with Gasteiger partial charge in [0.15, 0.2) is 17.7 Å². The summed E-state index contributed by atoms with van der Waals surface area (Å²) in [7, 11) is 0. The van der Waals surface area contributed by atoms with Crippen LogP contribution < -0.4 is 10.1 Å². The summed E-state index contributed by atoms with van der Waals surface area (Å²) >= 11 is 0. The number of ether oxygens (including phenoxy) is 1. The highest BCUT2D eigenvalue weighted by molar-refractivity contribution is 5.95. The Morgan fingerprint density at radius 3 is 2.42 bits per heavy atom. The molecule has 1 aromatic heterocycles. The molecule has 2 rings (SSSR count). The van der Waals surface area contributed by atoms with E-state index in [2.05, 4.69) is 10.4 Å². The Hall–Kier alpha value is -2.44. The predicted octanol–water partition coefficient (Wildman–Crippen LogP) is 3.77. The average molecular weight is 337 g/mol. The van der Waals surface area contributed by atoms with Crippen molar-refractivity contribution in [2.45, 2.75) is 46.8 Å². The minimum atomic E-state index is -1.02. The summed E-state index contributed by atoms with van der Waals surface area (Å²) in [5.41, 5.74) is 2.18. The van der Waals surface area contributed by atoms with Crippen molar-refractivity contribution in [3.05, 3.63) is 41.2 Å². The van der Waals surface area contributed by atoms with E-state index < -0.39 is 23.6 Å². The molecule has 2 aromatic rings. The van der Waals surface area contributed by atoms with Gasteiger partial charge in [-0.1, -0.05) is 0 Å². The van der Waals surface area contributed by atoms with Gasteiger partial charge in [-0.05, 0) is 46.8 Å². The molecule has 0 aliphatic carbocycles. The second kappa shape index (κ2) is 6.98. The fourth-order valence-corrected chi connectivity index (χ4v) is 2.38. The number of nitrogens with one attached hydrogen (secondary N) is 1. The lowest BCUT2D eigenvalue weighted by molar-refractivity contribution is -0.122. The van der Waals surface area contributed by atoms with Crippen LogP contribution in [0.5, 0.6) is 5.75 Å². The molecule has 1 N–H and O–H groups in total. The number of carbonyl (C=O) groups excluding carboxylic acids is 1. The Bertz CT molecular complexity index is 757. The van der Waals surface area contributed by atoms with Crippen molar-refractivity contribution >= 4 is 11.6 Å². The smallest absolute Gasteiger partial charge is 0.265 e. The van der Waals surface area contributed by atoms with E-state index in [-0.39, 0.29) is 11.8 Å². The van der Waals surface area contributed by atoms with Crippen molar-refractivity contribution in [1.82, 2.24) is 9.78 Å². The maximum absolute atomic E-state index is 13.2. The van der Waals surface area contributed by atoms with Gasteiger partial charge < -0.3 is 10.1 Å². The number of nitrogens with zero attached hydrogens (tertiary/aromatic N) is 2. The Kier molecular flexibility index (Phi) is 5.21. The fourth-order valence-electron chi connectivity index (χ4n) is 2.38. The number of aromatic nitrogens is 2. The first-order valence-electron chi connectivity index (χ1n) is 7.69. The van der Waals surface area contributed by atoms with Gasteiger partial charge in [-0.25, -0.2) is 8.78 Å². The first-order chi connectivity index (χ1) is 11.2. The highest BCUT2D eigenvalue weighted by atomic mass is 19.2. The third kappa shape index (κ3) is 3.72. The molecule has 0 aliphatic rings. The van der Waals surface area contributed by atoms with Crippen LogP contribution in [0.4, 0.5) is 14.5 Å². The van der Waals surface area contributed by atoms with Crippen molar-refractivity contribution in [2.24, 2.45) is 0 Å². The lowest BCUT2D eigenvalue weighted by Gasteiger charge is -2.15. The largest absolute Gasteiger partial charge is 0.481 e. The molecular weight excluding hydrogens is 316 g/mol. The van der Waals surface area contributed by atoms with E-state index in [1.54, 1.807) is 0 Å². The van der Waals surface area contributed by atoms with Gasteiger partial charge >= 0.3 is 0 Å². The predicted molar refractivity (Wildman–Crippen MR) is 87.2 cm³/mol. The van der Waals surface area contributed by atoms with Crippen LogP contribution in [-0.2, 0) is 4.79 Å². The molecule has 0 saturated carbocycles. The molecule has 0 aliphatic heterocycles. The SMILES string of the molecule is Cc1nn(C(C)C)c(C)c1NC(=O)[C@H](C)Oc1ccc(F)c(F)c1. The second-order valence-electron chi connectivity index (χ2n) is 5.91. The van der Waals surface area contributed by atoms with E-state index in [0.29, 0.717) is 11.4 Å². The van der Waals surface area contributed by atoms with Crippen LogP contribution in [0, 0.1) is 25.5 Å². The number of rotatable bonds is 5. The average Bonchev–Trinajstić information content (AvgIpc) is 2.79. The minimum Gasteiger partial charge on any atom is -0.481 e. The molecule has 0 saturated heterocycles. The highest BCUT2D eigenvalue weighted by Crippen LogP contribution is 2.23. The number of hydrogen-bond acceptors (Lipinski definition) is 3. The van der Waals surface area contributed by atoms with Gasteiger partial charge in [-0.2, -0.15) is 5.10 Å². The van der Waals surface area contributed by atoms with Crippen molar-refractivity contribution < 1.29 is 18.3 Å². The molecule has 0 spiro atoms. The van der Waals surface area contributed by atoms with Crippen molar-refractivity contribution in [3.63, 3.8) is 0 Å². The summed E-state index contributed by atoms with van der Waals surface area (Å²) in [5.74, 6) is -2.30. The molecule has 1 atom stereocenters. The Labute approximate surface area is 139 Å². The van der Waals surface area contributed by atoms with Gasteiger partial charge in [0.05, 0.1) is 17.1 Å². The van der Waals surface area contributed by atoms with E-state index in [9.17, 15) is 13.6 Å². The molecule has 1 amide bonds. The lowest BCUT2D eigenvalue weighted by atomic mass is 10.2. The van der Waals surface area contributed by atoms with Crippen molar-refractivity contribution in [1.29, 1.82) is 0 Å². The summed E-state index contributed by atoms with van der Waals surface area (Å²) in [6.45, 7) is 9.21. The Morgan fingerprint density at radius 1 is 1.21 bits per heavy atom. The van der Waals surface area contributed by atoms with Crippen LogP contribution in [0.1, 0.15) is 38.2 Å². The quantitative estimate of drug-likeness (QED) is 0.904. The van der Waals surface area contributed by atoms with Gasteiger partial charge in [0.1, 0.15) is 5.75 Å². The number of hydrogen-bond donors (Lipinski definition) is 1. The Morgan fingerprint density at radius 2 is 1.88 bits per heavy atom. The van der Waals surface area contributed by atoms with Crippen molar-refractivity contribution in [3.8, 4) is 5.75 Å². The molecule has 1 heterocycles. The summed E-state index contributed by atoms with van der Waals surface area (Å²) in [5, 5.41) is 7.18. The zero-order valence-corrected chi connectivity index (χ0v) is 14.4. The Balaban J connectivity index is 2.10. The van der Waals surface area contributed by atoms with E-state index in [1.165, 1.54) is 13.0 Å². The number of anilines is 1. The molecular formula is C17H21F2N3O2. The molecule has 1 aromatic carbocycles. The lowest BCUT2D eigenvalue weighted by Crippen LogP contribution is -2.30. The van der Waals surface area contributed by atoms with E-state index in [0.717, 1.165) is 17.8 Å². The van der Waals surface area contributed by atoms with Crippen LogP contribution in [0.2, 0.25) is 0 Å². The first-order valence-corrected chi connectivity index (χ1v) is 7.69. The number of carbonyl (C=O) groups is 1. The minimum absolute atomic E-state index is 0.0860. The molecule has 0 unspecified atom stereocenters. The molecule has 5 nitrogen and oxygen atoms in total. The zero-order chi connectivity index (χ0) is 18.0. The zero-order valence-electron chi connectivity index (χ0n) is 14.4. The number of amides is 1. The summed E-state index contributed by atoms with van der Waals surface area (Å²) in [6, 6.07) is 3.31. The standard InChI is InChI=1S/C17H21F2N3O2/c1-9(2)22-11(4)16(10(3)21-22)20-17(23)12(5)24-13-6-7-14(18)15(19)8-13/h6-9,12H,1-5H3,(H,20,23)/t12-/m0/s1. The maximum Gasteiger partial charge on any atom is 0.265 e. The molecule has 0 bridgehead atoms. The molecule has 0 fully saturated rings. The third-order valence-corrected chi connectivity index (χ3v) is 3.64. The number of benzene rings is 1. The monoisotopic (exact) mass is 337 g/mol. The van der Waals surface area contributed by atoms with Crippen LogP contribution in [0.15, 0.2) is 18.2 Å². The number of aryl methyl sites for hydroxylation is 1. The van der Waals surface area contributed by atoms with Crippen LogP contribution >= 0.6 is 0 Å². The maximum atomic E-state index is 13.2. The normalized spacial score (nSPS) is 12.3. The highest BCUT2D eigenvalue weighted by Gasteiger charge is 2.20. The van der Waals surface area contributed by atoms with Crippen LogP contribution in [0.25, 0.3) is 0 Å². The van der Waals surface area contributed by atoms with Crippen LogP contribution in [0.3, 0.4) is 0 Å². The topological polar surface area (TPSA) is 56.2 Å². The first kappa shape index (κ1) is 17.9. The summed E-state index contributed by atoms with van der Waals surface area (Å²) in [4.78, 5) is 12.3. The van der Waals surface area contributed by atoms with Crippen molar-refractivity contribution in [2.75, 3.05) is 5.32 Å². The number of halogens is 2.